The Balaban J connectivity index is 2.81. The molecule has 16 heavy (non-hydrogen) atoms. The highest BCUT2D eigenvalue weighted by atomic mass is 32.1. The molecular formula is C11H12O4S. The van der Waals surface area contributed by atoms with E-state index in [0.29, 0.717) is 0 Å². The Morgan fingerprint density at radius 1 is 1.12 bits per heavy atom. The van der Waals surface area contributed by atoms with Gasteiger partial charge in [-0.1, -0.05) is 30.3 Å². The maximum Gasteiger partial charge on any atom is 0.317 e. The summed E-state index contributed by atoms with van der Waals surface area (Å²) in [7, 11) is 0. The largest absolute Gasteiger partial charge is 0.481 e. The number of thiol groups is 1. The van der Waals surface area contributed by atoms with Gasteiger partial charge in [-0.2, -0.15) is 12.6 Å². The summed E-state index contributed by atoms with van der Waals surface area (Å²) in [6, 6.07) is 8.90. The van der Waals surface area contributed by atoms with Crippen LogP contribution >= 0.6 is 12.6 Å². The topological polar surface area (TPSA) is 74.6 Å². The van der Waals surface area contributed by atoms with Crippen LogP contribution in [-0.2, 0) is 16.0 Å². The van der Waals surface area contributed by atoms with Gasteiger partial charge in [0.25, 0.3) is 0 Å². The van der Waals surface area contributed by atoms with E-state index in [1.165, 1.54) is 0 Å². The third kappa shape index (κ3) is 3.27. The fourth-order valence-corrected chi connectivity index (χ4v) is 1.61. The molecule has 2 unspecified atom stereocenters. The van der Waals surface area contributed by atoms with Crippen molar-refractivity contribution in [3.63, 3.8) is 0 Å². The van der Waals surface area contributed by atoms with Crippen molar-refractivity contribution in [3.05, 3.63) is 35.9 Å². The molecule has 0 saturated heterocycles. The molecule has 2 atom stereocenters. The molecule has 5 heteroatoms. The van der Waals surface area contributed by atoms with Crippen molar-refractivity contribution in [2.24, 2.45) is 5.92 Å². The third-order valence-electron chi connectivity index (χ3n) is 2.25. The van der Waals surface area contributed by atoms with E-state index in [0.717, 1.165) is 5.56 Å². The molecule has 0 aliphatic rings. The average Bonchev–Trinajstić information content (AvgIpc) is 2.26. The summed E-state index contributed by atoms with van der Waals surface area (Å²) in [6.45, 7) is 0. The number of carbonyl (C=O) groups is 2. The van der Waals surface area contributed by atoms with Gasteiger partial charge in [0.15, 0.2) is 0 Å². The molecule has 0 saturated carbocycles. The van der Waals surface area contributed by atoms with Gasteiger partial charge in [-0.05, 0) is 12.0 Å². The zero-order valence-electron chi connectivity index (χ0n) is 8.41. The van der Waals surface area contributed by atoms with Crippen LogP contribution in [0.4, 0.5) is 0 Å². The first-order valence-electron chi connectivity index (χ1n) is 4.70. The maximum absolute atomic E-state index is 10.9. The molecule has 0 bridgehead atoms. The summed E-state index contributed by atoms with van der Waals surface area (Å²) in [5.74, 6) is -3.39. The van der Waals surface area contributed by atoms with E-state index in [-0.39, 0.29) is 6.42 Å². The number of carboxylic acid groups (broad SMARTS) is 2. The van der Waals surface area contributed by atoms with Crippen molar-refractivity contribution in [2.45, 2.75) is 11.7 Å². The number of rotatable bonds is 5. The van der Waals surface area contributed by atoms with Gasteiger partial charge in [-0.25, -0.2) is 0 Å². The van der Waals surface area contributed by atoms with Gasteiger partial charge in [0, 0.05) is 0 Å². The Labute approximate surface area is 98.3 Å². The van der Waals surface area contributed by atoms with Crippen LogP contribution in [0.5, 0.6) is 0 Å². The Bertz CT molecular complexity index is 377. The van der Waals surface area contributed by atoms with Crippen molar-refractivity contribution in [1.82, 2.24) is 0 Å². The van der Waals surface area contributed by atoms with Crippen molar-refractivity contribution >= 4 is 24.6 Å². The normalized spacial score (nSPS) is 14.1. The molecule has 0 amide bonds. The molecule has 2 N–H and O–H groups in total. The predicted octanol–water partition coefficient (Wildman–Crippen LogP) is 1.31. The summed E-state index contributed by atoms with van der Waals surface area (Å²) >= 11 is 3.81. The lowest BCUT2D eigenvalue weighted by Crippen LogP contribution is -2.32. The van der Waals surface area contributed by atoms with Crippen LogP contribution in [0.25, 0.3) is 0 Å². The molecule has 0 fully saturated rings. The van der Waals surface area contributed by atoms with Gasteiger partial charge >= 0.3 is 11.9 Å². The van der Waals surface area contributed by atoms with Gasteiger partial charge in [0.05, 0.1) is 5.92 Å². The van der Waals surface area contributed by atoms with E-state index in [9.17, 15) is 9.59 Å². The second kappa shape index (κ2) is 5.55. The molecule has 0 aliphatic heterocycles. The van der Waals surface area contributed by atoms with Crippen molar-refractivity contribution < 1.29 is 19.8 Å². The lowest BCUT2D eigenvalue weighted by Gasteiger charge is -2.15. The van der Waals surface area contributed by atoms with Crippen molar-refractivity contribution in [2.75, 3.05) is 0 Å². The van der Waals surface area contributed by atoms with Crippen molar-refractivity contribution in [3.8, 4) is 0 Å². The minimum atomic E-state index is -1.22. The fourth-order valence-electron chi connectivity index (χ4n) is 1.37. The zero-order chi connectivity index (χ0) is 12.1. The second-order valence-corrected chi connectivity index (χ2v) is 3.97. The highest BCUT2D eigenvalue weighted by molar-refractivity contribution is 7.81. The van der Waals surface area contributed by atoms with Crippen LogP contribution in [0, 0.1) is 5.92 Å². The van der Waals surface area contributed by atoms with E-state index in [4.69, 9.17) is 10.2 Å². The van der Waals surface area contributed by atoms with Crippen LogP contribution < -0.4 is 0 Å². The highest BCUT2D eigenvalue weighted by Gasteiger charge is 2.30. The number of hydrogen-bond acceptors (Lipinski definition) is 3. The molecule has 0 heterocycles. The summed E-state index contributed by atoms with van der Waals surface area (Å²) in [5, 5.41) is 16.5. The SMILES string of the molecule is O=C(O)C(S)C(Cc1ccccc1)C(=O)O. The monoisotopic (exact) mass is 240 g/mol. The van der Waals surface area contributed by atoms with Crippen LogP contribution in [0.3, 0.4) is 0 Å². The first kappa shape index (κ1) is 12.6. The molecule has 0 aliphatic carbocycles. The maximum atomic E-state index is 10.9. The fraction of sp³-hybridized carbons (Fsp3) is 0.273. The van der Waals surface area contributed by atoms with Gasteiger partial charge in [0.1, 0.15) is 5.25 Å². The molecule has 86 valence electrons. The Morgan fingerprint density at radius 3 is 2.12 bits per heavy atom. The number of hydrogen-bond donors (Lipinski definition) is 3. The molecule has 1 rings (SSSR count). The van der Waals surface area contributed by atoms with Gasteiger partial charge in [0.2, 0.25) is 0 Å². The number of carboxylic acids is 2. The van der Waals surface area contributed by atoms with E-state index in [2.05, 4.69) is 12.6 Å². The van der Waals surface area contributed by atoms with Crippen LogP contribution in [0.15, 0.2) is 30.3 Å². The Hall–Kier alpha value is -1.49. The van der Waals surface area contributed by atoms with Gasteiger partial charge in [-0.15, -0.1) is 0 Å². The lowest BCUT2D eigenvalue weighted by molar-refractivity contribution is -0.147. The standard InChI is InChI=1S/C11H12O4S/c12-10(13)8(9(16)11(14)15)6-7-4-2-1-3-5-7/h1-5,8-9,16H,6H2,(H,12,13)(H,14,15). The summed E-state index contributed by atoms with van der Waals surface area (Å²) in [6.07, 6.45) is 0.163. The lowest BCUT2D eigenvalue weighted by atomic mass is 9.96. The van der Waals surface area contributed by atoms with E-state index in [1.54, 1.807) is 24.3 Å². The van der Waals surface area contributed by atoms with Crippen molar-refractivity contribution in [1.29, 1.82) is 0 Å². The molecule has 0 radical (unpaired) electrons. The minimum Gasteiger partial charge on any atom is -0.481 e. The van der Waals surface area contributed by atoms with Gasteiger partial charge in [-0.3, -0.25) is 9.59 Å². The summed E-state index contributed by atoms with van der Waals surface area (Å²) < 4.78 is 0. The smallest absolute Gasteiger partial charge is 0.317 e. The van der Waals surface area contributed by atoms with Crippen LogP contribution in [-0.4, -0.2) is 27.4 Å². The first-order chi connectivity index (χ1) is 7.52. The molecule has 1 aromatic rings. The number of benzene rings is 1. The zero-order valence-corrected chi connectivity index (χ0v) is 9.30. The van der Waals surface area contributed by atoms with E-state index in [1.807, 2.05) is 6.07 Å². The quantitative estimate of drug-likeness (QED) is 0.678. The Kier molecular flexibility index (Phi) is 4.37. The number of aliphatic carboxylic acids is 2. The second-order valence-electron chi connectivity index (χ2n) is 3.42. The minimum absolute atomic E-state index is 0.163. The predicted molar refractivity (Wildman–Crippen MR) is 61.7 cm³/mol. The summed E-state index contributed by atoms with van der Waals surface area (Å²) in [4.78, 5) is 21.6. The molecule has 0 aromatic heterocycles. The Morgan fingerprint density at radius 2 is 1.69 bits per heavy atom. The molecule has 0 spiro atoms. The van der Waals surface area contributed by atoms with Crippen LogP contribution in [0.2, 0.25) is 0 Å². The highest BCUT2D eigenvalue weighted by Crippen LogP contribution is 2.17. The third-order valence-corrected chi connectivity index (χ3v) is 2.83. The van der Waals surface area contributed by atoms with E-state index < -0.39 is 23.1 Å². The van der Waals surface area contributed by atoms with Crippen LogP contribution in [0.1, 0.15) is 5.56 Å². The molecule has 1 aromatic carbocycles. The first-order valence-corrected chi connectivity index (χ1v) is 5.21. The molecule has 4 nitrogen and oxygen atoms in total. The van der Waals surface area contributed by atoms with Gasteiger partial charge < -0.3 is 10.2 Å². The average molecular weight is 240 g/mol. The molecular weight excluding hydrogens is 228 g/mol. The summed E-state index contributed by atoms with van der Waals surface area (Å²) in [5.41, 5.74) is 0.787. The van der Waals surface area contributed by atoms with E-state index >= 15 is 0 Å².